The quantitative estimate of drug-likeness (QED) is 0.582. The molecule has 0 aromatic heterocycles. The Kier molecular flexibility index (Phi) is 4.68. The first-order valence-corrected chi connectivity index (χ1v) is 5.32. The van der Waals surface area contributed by atoms with Crippen LogP contribution < -0.4 is 11.1 Å². The maximum atomic E-state index is 5.70. The predicted octanol–water partition coefficient (Wildman–Crippen LogP) is 1.81. The van der Waals surface area contributed by atoms with Crippen molar-refractivity contribution in [1.29, 1.82) is 0 Å². The van der Waals surface area contributed by atoms with Crippen molar-refractivity contribution in [1.82, 2.24) is 5.32 Å². The maximum Gasteiger partial charge on any atom is 0.188 e. The number of nitrogens with zero attached hydrogens (tertiary/aromatic N) is 1. The van der Waals surface area contributed by atoms with E-state index in [2.05, 4.69) is 36.3 Å². The van der Waals surface area contributed by atoms with Crippen molar-refractivity contribution in [3.8, 4) is 0 Å². The second kappa shape index (κ2) is 6.06. The summed E-state index contributed by atoms with van der Waals surface area (Å²) in [6.07, 6.45) is 1.06. The second-order valence-electron chi connectivity index (χ2n) is 3.55. The lowest BCUT2D eigenvalue weighted by Crippen LogP contribution is -2.32. The fourth-order valence-electron chi connectivity index (χ4n) is 1.27. The first kappa shape index (κ1) is 11.6. The van der Waals surface area contributed by atoms with E-state index in [1.807, 2.05) is 12.1 Å². The van der Waals surface area contributed by atoms with E-state index in [9.17, 15) is 0 Å². The van der Waals surface area contributed by atoms with E-state index in [0.717, 1.165) is 13.0 Å². The van der Waals surface area contributed by atoms with Crippen LogP contribution in [0.25, 0.3) is 0 Å². The molecule has 0 fully saturated rings. The van der Waals surface area contributed by atoms with Crippen molar-refractivity contribution in [3.63, 3.8) is 0 Å². The molecular weight excluding hydrogens is 186 g/mol. The van der Waals surface area contributed by atoms with Crippen LogP contribution in [0.2, 0.25) is 0 Å². The lowest BCUT2D eigenvalue weighted by atomic mass is 10.1. The molecule has 0 radical (unpaired) electrons. The molecule has 3 nitrogen and oxygen atoms in total. The molecule has 0 spiro atoms. The summed E-state index contributed by atoms with van der Waals surface area (Å²) in [4.78, 5) is 4.28. The minimum absolute atomic E-state index is 0.528. The third kappa shape index (κ3) is 4.02. The van der Waals surface area contributed by atoms with Crippen LogP contribution in [0.3, 0.4) is 0 Å². The molecule has 0 saturated heterocycles. The van der Waals surface area contributed by atoms with E-state index in [1.165, 1.54) is 11.1 Å². The molecule has 1 aromatic rings. The Hall–Kier alpha value is -1.51. The minimum Gasteiger partial charge on any atom is -0.370 e. The standard InChI is InChI=1S/C12H19N3/c1-3-8-14-12(13)15-9-11-7-5-4-6-10(11)2/h4-7H,3,8-9H2,1-2H3,(H3,13,14,15). The van der Waals surface area contributed by atoms with Gasteiger partial charge in [-0.2, -0.15) is 0 Å². The van der Waals surface area contributed by atoms with Crippen molar-refractivity contribution in [2.45, 2.75) is 26.8 Å². The minimum atomic E-state index is 0.528. The number of guanidine groups is 1. The van der Waals surface area contributed by atoms with Gasteiger partial charge >= 0.3 is 0 Å². The lowest BCUT2D eigenvalue weighted by Gasteiger charge is -2.05. The number of hydrogen-bond acceptors (Lipinski definition) is 1. The Labute approximate surface area is 91.4 Å². The van der Waals surface area contributed by atoms with Crippen LogP contribution >= 0.6 is 0 Å². The highest BCUT2D eigenvalue weighted by atomic mass is 15.1. The van der Waals surface area contributed by atoms with Gasteiger partial charge in [-0.1, -0.05) is 31.2 Å². The largest absolute Gasteiger partial charge is 0.370 e. The summed E-state index contributed by atoms with van der Waals surface area (Å²) < 4.78 is 0. The molecular formula is C12H19N3. The van der Waals surface area contributed by atoms with Gasteiger partial charge in [0.15, 0.2) is 5.96 Å². The molecule has 0 aliphatic rings. The van der Waals surface area contributed by atoms with Crippen LogP contribution in [0.5, 0.6) is 0 Å². The second-order valence-corrected chi connectivity index (χ2v) is 3.55. The summed E-state index contributed by atoms with van der Waals surface area (Å²) in [5.74, 6) is 0.528. The molecule has 3 N–H and O–H groups in total. The van der Waals surface area contributed by atoms with Crippen molar-refractivity contribution < 1.29 is 0 Å². The molecule has 0 amide bonds. The first-order chi connectivity index (χ1) is 7.24. The van der Waals surface area contributed by atoms with Gasteiger partial charge in [-0.05, 0) is 24.5 Å². The van der Waals surface area contributed by atoms with Crippen LogP contribution in [0.15, 0.2) is 29.3 Å². The van der Waals surface area contributed by atoms with Gasteiger partial charge in [0.05, 0.1) is 6.54 Å². The first-order valence-electron chi connectivity index (χ1n) is 5.32. The third-order valence-corrected chi connectivity index (χ3v) is 2.24. The van der Waals surface area contributed by atoms with Crippen LogP contribution in [-0.4, -0.2) is 12.5 Å². The Bertz CT molecular complexity index is 331. The van der Waals surface area contributed by atoms with Crippen molar-refractivity contribution >= 4 is 5.96 Å². The molecule has 0 aliphatic heterocycles. The highest BCUT2D eigenvalue weighted by Crippen LogP contribution is 2.07. The summed E-state index contributed by atoms with van der Waals surface area (Å²) in [6, 6.07) is 8.21. The molecule has 1 rings (SSSR count). The zero-order valence-corrected chi connectivity index (χ0v) is 9.46. The van der Waals surface area contributed by atoms with Crippen molar-refractivity contribution in [2.75, 3.05) is 6.54 Å². The fraction of sp³-hybridized carbons (Fsp3) is 0.417. The Morgan fingerprint density at radius 1 is 1.40 bits per heavy atom. The zero-order chi connectivity index (χ0) is 11.1. The third-order valence-electron chi connectivity index (χ3n) is 2.24. The smallest absolute Gasteiger partial charge is 0.188 e. The topological polar surface area (TPSA) is 50.4 Å². The molecule has 3 heteroatoms. The van der Waals surface area contributed by atoms with Gasteiger partial charge in [-0.25, -0.2) is 4.99 Å². The normalized spacial score (nSPS) is 11.5. The lowest BCUT2D eigenvalue weighted by molar-refractivity contribution is 0.825. The highest BCUT2D eigenvalue weighted by molar-refractivity contribution is 5.77. The highest BCUT2D eigenvalue weighted by Gasteiger charge is 1.95. The summed E-state index contributed by atoms with van der Waals surface area (Å²) in [7, 11) is 0. The number of nitrogens with two attached hydrogens (primary N) is 1. The zero-order valence-electron chi connectivity index (χ0n) is 9.46. The van der Waals surface area contributed by atoms with Crippen LogP contribution in [0.1, 0.15) is 24.5 Å². The van der Waals surface area contributed by atoms with Gasteiger partial charge in [0.2, 0.25) is 0 Å². The molecule has 15 heavy (non-hydrogen) atoms. The summed E-state index contributed by atoms with van der Waals surface area (Å²) in [6.45, 7) is 5.71. The van der Waals surface area contributed by atoms with E-state index >= 15 is 0 Å². The molecule has 0 heterocycles. The number of nitrogens with one attached hydrogen (secondary N) is 1. The van der Waals surface area contributed by atoms with E-state index in [0.29, 0.717) is 12.5 Å². The number of hydrogen-bond donors (Lipinski definition) is 2. The van der Waals surface area contributed by atoms with Crippen LogP contribution in [-0.2, 0) is 6.54 Å². The Morgan fingerprint density at radius 2 is 2.13 bits per heavy atom. The van der Waals surface area contributed by atoms with E-state index in [-0.39, 0.29) is 0 Å². The molecule has 1 aromatic carbocycles. The fourth-order valence-corrected chi connectivity index (χ4v) is 1.27. The van der Waals surface area contributed by atoms with Crippen molar-refractivity contribution in [3.05, 3.63) is 35.4 Å². The predicted molar refractivity (Wildman–Crippen MR) is 64.8 cm³/mol. The average molecular weight is 205 g/mol. The maximum absolute atomic E-state index is 5.70. The molecule has 0 unspecified atom stereocenters. The summed E-state index contributed by atoms with van der Waals surface area (Å²) in [5, 5.41) is 3.05. The number of rotatable bonds is 4. The molecule has 82 valence electrons. The SMILES string of the molecule is CCCNC(N)=NCc1ccccc1C. The average Bonchev–Trinajstić information content (AvgIpc) is 2.25. The summed E-state index contributed by atoms with van der Waals surface area (Å²) >= 11 is 0. The van der Waals surface area contributed by atoms with Gasteiger partial charge in [0.1, 0.15) is 0 Å². The van der Waals surface area contributed by atoms with Gasteiger partial charge in [0, 0.05) is 6.54 Å². The summed E-state index contributed by atoms with van der Waals surface area (Å²) in [5.41, 5.74) is 8.17. The van der Waals surface area contributed by atoms with Gasteiger partial charge in [0.25, 0.3) is 0 Å². The van der Waals surface area contributed by atoms with Gasteiger partial charge in [-0.15, -0.1) is 0 Å². The van der Waals surface area contributed by atoms with E-state index in [1.54, 1.807) is 0 Å². The van der Waals surface area contributed by atoms with E-state index < -0.39 is 0 Å². The molecule has 0 saturated carbocycles. The monoisotopic (exact) mass is 205 g/mol. The number of aryl methyl sites for hydroxylation is 1. The van der Waals surface area contributed by atoms with Crippen LogP contribution in [0, 0.1) is 6.92 Å². The van der Waals surface area contributed by atoms with Crippen molar-refractivity contribution in [2.24, 2.45) is 10.7 Å². The van der Waals surface area contributed by atoms with Crippen LogP contribution in [0.4, 0.5) is 0 Å². The molecule has 0 aliphatic carbocycles. The number of aliphatic imine (C=N–C) groups is 1. The van der Waals surface area contributed by atoms with E-state index in [4.69, 9.17) is 5.73 Å². The molecule has 0 atom stereocenters. The Balaban J connectivity index is 2.52. The Morgan fingerprint density at radius 3 is 2.80 bits per heavy atom. The molecule has 0 bridgehead atoms. The van der Waals surface area contributed by atoms with Gasteiger partial charge in [-0.3, -0.25) is 0 Å². The number of benzene rings is 1. The van der Waals surface area contributed by atoms with Gasteiger partial charge < -0.3 is 11.1 Å².